The van der Waals surface area contributed by atoms with Crippen LogP contribution in [-0.2, 0) is 13.1 Å². The molecule has 0 aliphatic heterocycles. The smallest absolute Gasteiger partial charge is 0.352 e. The van der Waals surface area contributed by atoms with Gasteiger partial charge in [0.05, 0.1) is 0 Å². The Morgan fingerprint density at radius 3 is 2.60 bits per heavy atom. The molecule has 0 bridgehead atoms. The highest BCUT2D eigenvalue weighted by molar-refractivity contribution is 5.98. The lowest BCUT2D eigenvalue weighted by Gasteiger charge is -2.34. The molecule has 4 nitrogen and oxygen atoms in total. The fourth-order valence-electron chi connectivity index (χ4n) is 5.02. The van der Waals surface area contributed by atoms with Gasteiger partial charge in [-0.25, -0.2) is 4.79 Å². The number of rotatable bonds is 6. The molecule has 158 valence electrons. The summed E-state index contributed by atoms with van der Waals surface area (Å²) < 4.78 is 1.98. The second-order valence-electron chi connectivity index (χ2n) is 8.92. The summed E-state index contributed by atoms with van der Waals surface area (Å²) in [6.45, 7) is 7.88. The highest BCUT2D eigenvalue weighted by Crippen LogP contribution is 2.32. The van der Waals surface area contributed by atoms with E-state index in [1.54, 1.807) is 0 Å². The summed E-state index contributed by atoms with van der Waals surface area (Å²) in [5.41, 5.74) is 4.62. The summed E-state index contributed by atoms with van der Waals surface area (Å²) in [4.78, 5) is 12.4. The second-order valence-corrected chi connectivity index (χ2v) is 8.92. The maximum atomic E-state index is 12.4. The molecule has 4 rings (SSSR count). The fourth-order valence-corrected chi connectivity index (χ4v) is 5.02. The normalized spacial score (nSPS) is 21.8. The van der Waals surface area contributed by atoms with E-state index in [-0.39, 0.29) is 0 Å². The van der Waals surface area contributed by atoms with E-state index in [1.165, 1.54) is 18.4 Å². The number of carboxylic acid groups (broad SMARTS) is 1. The average molecular weight is 405 g/mol. The van der Waals surface area contributed by atoms with Crippen LogP contribution >= 0.6 is 0 Å². The van der Waals surface area contributed by atoms with E-state index >= 15 is 0 Å². The van der Waals surface area contributed by atoms with E-state index in [4.69, 9.17) is 0 Å². The van der Waals surface area contributed by atoms with Crippen LogP contribution < -0.4 is 5.32 Å². The highest BCUT2D eigenvalue weighted by Gasteiger charge is 2.28. The summed E-state index contributed by atoms with van der Waals surface area (Å²) in [7, 11) is 0. The Kier molecular flexibility index (Phi) is 5.96. The highest BCUT2D eigenvalue weighted by atomic mass is 16.4. The van der Waals surface area contributed by atoms with E-state index < -0.39 is 5.97 Å². The van der Waals surface area contributed by atoms with Crippen molar-refractivity contribution in [3.05, 3.63) is 70.9 Å². The zero-order valence-corrected chi connectivity index (χ0v) is 18.2. The lowest BCUT2D eigenvalue weighted by molar-refractivity contribution is 0.0684. The number of nitrogens with zero attached hydrogens (tertiary/aromatic N) is 1. The molecule has 1 saturated carbocycles. The summed E-state index contributed by atoms with van der Waals surface area (Å²) in [6.07, 6.45) is 3.69. The number of para-hydroxylation sites is 1. The lowest BCUT2D eigenvalue weighted by atomic mass is 9.78. The molecule has 1 aliphatic carbocycles. The fraction of sp³-hybridized carbons (Fsp3) is 0.423. The van der Waals surface area contributed by atoms with Crippen LogP contribution in [0.4, 0.5) is 0 Å². The van der Waals surface area contributed by atoms with Crippen LogP contribution in [-0.4, -0.2) is 21.7 Å². The van der Waals surface area contributed by atoms with Gasteiger partial charge in [-0.1, -0.05) is 69.2 Å². The van der Waals surface area contributed by atoms with E-state index in [0.29, 0.717) is 36.7 Å². The number of benzene rings is 2. The zero-order valence-electron chi connectivity index (χ0n) is 18.2. The molecule has 1 aliphatic rings. The third-order valence-corrected chi connectivity index (χ3v) is 7.12. The van der Waals surface area contributed by atoms with E-state index in [0.717, 1.165) is 28.5 Å². The number of carboxylic acids is 1. The van der Waals surface area contributed by atoms with Crippen molar-refractivity contribution < 1.29 is 9.90 Å². The van der Waals surface area contributed by atoms with Gasteiger partial charge in [0.1, 0.15) is 5.69 Å². The van der Waals surface area contributed by atoms with E-state index in [2.05, 4.69) is 44.3 Å². The first-order valence-electron chi connectivity index (χ1n) is 11.1. The van der Waals surface area contributed by atoms with Crippen molar-refractivity contribution in [1.29, 1.82) is 0 Å². The Labute approximate surface area is 178 Å². The van der Waals surface area contributed by atoms with Crippen molar-refractivity contribution in [2.75, 3.05) is 0 Å². The summed E-state index contributed by atoms with van der Waals surface area (Å²) in [6, 6.07) is 16.7. The molecule has 3 aromatic rings. The van der Waals surface area contributed by atoms with Crippen LogP contribution in [0.3, 0.4) is 0 Å². The van der Waals surface area contributed by atoms with Crippen molar-refractivity contribution in [1.82, 2.24) is 9.88 Å². The first-order valence-corrected chi connectivity index (χ1v) is 11.1. The van der Waals surface area contributed by atoms with Crippen LogP contribution in [0.5, 0.6) is 0 Å². The number of aromatic carboxylic acids is 1. The quantitative estimate of drug-likeness (QED) is 0.561. The van der Waals surface area contributed by atoms with Gasteiger partial charge in [0.25, 0.3) is 0 Å². The van der Waals surface area contributed by atoms with Crippen molar-refractivity contribution >= 4 is 16.9 Å². The largest absolute Gasteiger partial charge is 0.477 e. The second kappa shape index (κ2) is 8.65. The van der Waals surface area contributed by atoms with E-state index in [9.17, 15) is 9.90 Å². The summed E-state index contributed by atoms with van der Waals surface area (Å²) in [5.74, 6) is 0.451. The molecule has 0 amide bonds. The maximum absolute atomic E-state index is 12.4. The summed E-state index contributed by atoms with van der Waals surface area (Å²) in [5, 5.41) is 14.9. The Morgan fingerprint density at radius 2 is 1.83 bits per heavy atom. The number of nitrogens with one attached hydrogen (secondary N) is 1. The minimum Gasteiger partial charge on any atom is -0.477 e. The Hall–Kier alpha value is -2.59. The lowest BCUT2D eigenvalue weighted by Crippen LogP contribution is -2.40. The molecule has 1 fully saturated rings. The van der Waals surface area contributed by atoms with Gasteiger partial charge in [-0.2, -0.15) is 0 Å². The van der Waals surface area contributed by atoms with Gasteiger partial charge in [0, 0.05) is 35.6 Å². The molecule has 2 N–H and O–H groups in total. The average Bonchev–Trinajstić information content (AvgIpc) is 3.04. The third-order valence-electron chi connectivity index (χ3n) is 7.12. The standard InChI is InChI=1S/C26H32N2O2/c1-17-10-8-13-23(19(17)3)27-15-22-21-12-6-7-14-24(21)28(25(22)26(29)30)16-20-11-5-4-9-18(20)2/h4-7,9,11-12,14,17,19,23,27H,8,10,13,15-16H2,1-3H3,(H,29,30)/t17-,19+,23-/m1/s1. The van der Waals surface area contributed by atoms with Gasteiger partial charge in [-0.15, -0.1) is 0 Å². The van der Waals surface area contributed by atoms with Crippen molar-refractivity contribution in [2.45, 2.75) is 59.2 Å². The number of carbonyl (C=O) groups is 1. The topological polar surface area (TPSA) is 54.3 Å². The van der Waals surface area contributed by atoms with Crippen LogP contribution in [0.25, 0.3) is 10.9 Å². The van der Waals surface area contributed by atoms with Crippen molar-refractivity contribution in [3.63, 3.8) is 0 Å². The molecule has 2 aromatic carbocycles. The van der Waals surface area contributed by atoms with Gasteiger partial charge in [-0.05, 0) is 42.4 Å². The van der Waals surface area contributed by atoms with Crippen LogP contribution in [0.15, 0.2) is 48.5 Å². The van der Waals surface area contributed by atoms with E-state index in [1.807, 2.05) is 34.9 Å². The van der Waals surface area contributed by atoms with Crippen molar-refractivity contribution in [3.8, 4) is 0 Å². The van der Waals surface area contributed by atoms with Gasteiger partial charge in [0.2, 0.25) is 0 Å². The molecular formula is C26H32N2O2. The third kappa shape index (κ3) is 3.89. The number of fused-ring (bicyclic) bond motifs is 1. The molecule has 4 heteroatoms. The molecule has 1 aromatic heterocycles. The Bertz CT molecular complexity index is 1050. The predicted molar refractivity (Wildman–Crippen MR) is 122 cm³/mol. The monoisotopic (exact) mass is 404 g/mol. The molecule has 1 heterocycles. The minimum atomic E-state index is -0.860. The van der Waals surface area contributed by atoms with Gasteiger partial charge in [-0.3, -0.25) is 0 Å². The minimum absolute atomic E-state index is 0.406. The SMILES string of the molecule is Cc1ccccc1Cn1c(C(=O)O)c(CN[C@@H]2CCC[C@@H](C)[C@@H]2C)c2ccccc21. The first-order chi connectivity index (χ1) is 14.5. The molecule has 30 heavy (non-hydrogen) atoms. The number of hydrogen-bond acceptors (Lipinski definition) is 2. The van der Waals surface area contributed by atoms with Gasteiger partial charge >= 0.3 is 5.97 Å². The van der Waals surface area contributed by atoms with Gasteiger partial charge < -0.3 is 15.0 Å². The van der Waals surface area contributed by atoms with Crippen LogP contribution in [0, 0.1) is 18.8 Å². The van der Waals surface area contributed by atoms with Crippen LogP contribution in [0.2, 0.25) is 0 Å². The van der Waals surface area contributed by atoms with Crippen molar-refractivity contribution in [2.24, 2.45) is 11.8 Å². The molecule has 3 atom stereocenters. The first kappa shape index (κ1) is 20.7. The van der Waals surface area contributed by atoms with Crippen LogP contribution in [0.1, 0.15) is 60.3 Å². The van der Waals surface area contributed by atoms with Gasteiger partial charge in [0.15, 0.2) is 0 Å². The number of aryl methyl sites for hydroxylation is 1. The summed E-state index contributed by atoms with van der Waals surface area (Å²) >= 11 is 0. The Morgan fingerprint density at radius 1 is 1.10 bits per heavy atom. The number of aromatic nitrogens is 1. The molecule has 0 radical (unpaired) electrons. The molecule has 0 unspecified atom stereocenters. The number of hydrogen-bond donors (Lipinski definition) is 2. The zero-order chi connectivity index (χ0) is 21.3. The predicted octanol–water partition coefficient (Wildman–Crippen LogP) is 5.61. The molecule has 0 spiro atoms. The maximum Gasteiger partial charge on any atom is 0.352 e. The molecular weight excluding hydrogens is 372 g/mol. The Balaban J connectivity index is 1.73. The molecule has 0 saturated heterocycles.